The first-order valence-corrected chi connectivity index (χ1v) is 7.97. The molecule has 0 aliphatic heterocycles. The lowest BCUT2D eigenvalue weighted by Crippen LogP contribution is -2.28. The van der Waals surface area contributed by atoms with Crippen LogP contribution in [0, 0.1) is 0 Å². The summed E-state index contributed by atoms with van der Waals surface area (Å²) in [5, 5.41) is 9.97. The SMILES string of the molecule is CCc1ncc(S(=O)(=O)NCC(O)c2ccc(N)cc2)[nH]1. The Balaban J connectivity index is 2.02. The van der Waals surface area contributed by atoms with Crippen molar-refractivity contribution in [2.24, 2.45) is 0 Å². The van der Waals surface area contributed by atoms with Gasteiger partial charge in [-0.25, -0.2) is 18.1 Å². The number of benzene rings is 1. The summed E-state index contributed by atoms with van der Waals surface area (Å²) in [6.45, 7) is 1.74. The van der Waals surface area contributed by atoms with Crippen LogP contribution in [0.4, 0.5) is 5.69 Å². The summed E-state index contributed by atoms with van der Waals surface area (Å²) in [5.41, 5.74) is 6.73. The van der Waals surface area contributed by atoms with Crippen molar-refractivity contribution in [1.29, 1.82) is 0 Å². The number of aliphatic hydroxyl groups excluding tert-OH is 1. The van der Waals surface area contributed by atoms with Gasteiger partial charge in [-0.2, -0.15) is 0 Å². The number of nitrogens with zero attached hydrogens (tertiary/aromatic N) is 1. The van der Waals surface area contributed by atoms with E-state index >= 15 is 0 Å². The van der Waals surface area contributed by atoms with E-state index in [1.54, 1.807) is 24.3 Å². The van der Waals surface area contributed by atoms with Crippen molar-refractivity contribution in [1.82, 2.24) is 14.7 Å². The fourth-order valence-corrected chi connectivity index (χ4v) is 2.74. The molecule has 0 amide bonds. The molecule has 8 heteroatoms. The Hall–Kier alpha value is -1.90. The van der Waals surface area contributed by atoms with E-state index in [4.69, 9.17) is 5.73 Å². The first-order chi connectivity index (χ1) is 9.92. The van der Waals surface area contributed by atoms with Gasteiger partial charge in [0.2, 0.25) is 0 Å². The fraction of sp³-hybridized carbons (Fsp3) is 0.308. The van der Waals surface area contributed by atoms with Crippen LogP contribution in [0.5, 0.6) is 0 Å². The Bertz CT molecular complexity index is 694. The summed E-state index contributed by atoms with van der Waals surface area (Å²) in [7, 11) is -3.71. The van der Waals surface area contributed by atoms with Crippen molar-refractivity contribution in [3.05, 3.63) is 41.9 Å². The van der Waals surface area contributed by atoms with Gasteiger partial charge in [0.1, 0.15) is 5.82 Å². The molecule has 2 rings (SSSR count). The molecule has 21 heavy (non-hydrogen) atoms. The van der Waals surface area contributed by atoms with Crippen molar-refractivity contribution in [2.75, 3.05) is 12.3 Å². The Kier molecular flexibility index (Phi) is 4.61. The van der Waals surface area contributed by atoms with Crippen LogP contribution in [0.2, 0.25) is 0 Å². The Morgan fingerprint density at radius 3 is 2.62 bits per heavy atom. The molecule has 1 aromatic heterocycles. The van der Waals surface area contributed by atoms with Gasteiger partial charge in [-0.3, -0.25) is 0 Å². The molecule has 114 valence electrons. The van der Waals surface area contributed by atoms with Gasteiger partial charge in [-0.15, -0.1) is 0 Å². The average molecular weight is 310 g/mol. The second-order valence-corrected chi connectivity index (χ2v) is 6.32. The maximum absolute atomic E-state index is 12.0. The van der Waals surface area contributed by atoms with E-state index in [2.05, 4.69) is 14.7 Å². The zero-order valence-electron chi connectivity index (χ0n) is 11.6. The maximum atomic E-state index is 12.0. The fourth-order valence-electron chi connectivity index (χ4n) is 1.76. The molecule has 1 atom stereocenters. The second-order valence-electron chi connectivity index (χ2n) is 4.58. The van der Waals surface area contributed by atoms with Gasteiger partial charge in [0.15, 0.2) is 5.03 Å². The number of nitrogens with two attached hydrogens (primary N) is 1. The summed E-state index contributed by atoms with van der Waals surface area (Å²) in [6, 6.07) is 6.60. The monoisotopic (exact) mass is 310 g/mol. The molecule has 0 fully saturated rings. The molecule has 0 bridgehead atoms. The van der Waals surface area contributed by atoms with Crippen LogP contribution in [0.1, 0.15) is 24.4 Å². The minimum Gasteiger partial charge on any atom is -0.399 e. The number of aromatic nitrogens is 2. The minimum atomic E-state index is -3.71. The Labute approximate surface area is 123 Å². The highest BCUT2D eigenvalue weighted by atomic mass is 32.2. The van der Waals surface area contributed by atoms with Gasteiger partial charge in [-0.1, -0.05) is 19.1 Å². The van der Waals surface area contributed by atoms with E-state index in [0.717, 1.165) is 0 Å². The number of imidazole rings is 1. The third-order valence-electron chi connectivity index (χ3n) is 3.02. The maximum Gasteiger partial charge on any atom is 0.257 e. The first kappa shape index (κ1) is 15.5. The molecule has 2 aromatic rings. The number of nitrogen functional groups attached to an aromatic ring is 1. The van der Waals surface area contributed by atoms with Crippen molar-refractivity contribution in [3.63, 3.8) is 0 Å². The number of sulfonamides is 1. The van der Waals surface area contributed by atoms with Crippen molar-refractivity contribution in [2.45, 2.75) is 24.5 Å². The van der Waals surface area contributed by atoms with Gasteiger partial charge < -0.3 is 15.8 Å². The highest BCUT2D eigenvalue weighted by Crippen LogP contribution is 2.15. The van der Waals surface area contributed by atoms with Gasteiger partial charge >= 0.3 is 0 Å². The topological polar surface area (TPSA) is 121 Å². The molecule has 1 unspecified atom stereocenters. The van der Waals surface area contributed by atoms with E-state index in [9.17, 15) is 13.5 Å². The van der Waals surface area contributed by atoms with Crippen LogP contribution in [-0.2, 0) is 16.4 Å². The third kappa shape index (κ3) is 3.81. The van der Waals surface area contributed by atoms with Crippen molar-refractivity contribution >= 4 is 15.7 Å². The molecule has 5 N–H and O–H groups in total. The number of aliphatic hydroxyl groups is 1. The highest BCUT2D eigenvalue weighted by molar-refractivity contribution is 7.89. The van der Waals surface area contributed by atoms with Gasteiger partial charge in [0, 0.05) is 18.7 Å². The molecular formula is C13H18N4O3S. The zero-order chi connectivity index (χ0) is 15.5. The standard InChI is InChI=1S/C13H18N4O3S/c1-2-12-15-8-13(17-12)21(19,20)16-7-11(18)9-3-5-10(14)6-4-9/h3-6,8,11,16,18H,2,7,14H2,1H3,(H,15,17). The minimum absolute atomic E-state index is 0.0103. The summed E-state index contributed by atoms with van der Waals surface area (Å²) in [4.78, 5) is 6.66. The first-order valence-electron chi connectivity index (χ1n) is 6.49. The molecule has 1 aromatic carbocycles. The third-order valence-corrected chi connectivity index (χ3v) is 4.35. The molecule has 0 saturated heterocycles. The van der Waals surface area contributed by atoms with Crippen LogP contribution in [0.3, 0.4) is 0 Å². The number of aryl methyl sites for hydroxylation is 1. The smallest absolute Gasteiger partial charge is 0.257 e. The largest absolute Gasteiger partial charge is 0.399 e. The number of aromatic amines is 1. The Morgan fingerprint density at radius 2 is 2.05 bits per heavy atom. The van der Waals surface area contributed by atoms with Crippen LogP contribution < -0.4 is 10.5 Å². The van der Waals surface area contributed by atoms with E-state index in [1.165, 1.54) is 6.20 Å². The summed E-state index contributed by atoms with van der Waals surface area (Å²) in [5.74, 6) is 0.592. The van der Waals surface area contributed by atoms with E-state index in [-0.39, 0.29) is 11.6 Å². The summed E-state index contributed by atoms with van der Waals surface area (Å²) < 4.78 is 26.4. The lowest BCUT2D eigenvalue weighted by atomic mass is 10.1. The molecule has 0 saturated carbocycles. The van der Waals surface area contributed by atoms with Gasteiger partial charge in [0.05, 0.1) is 12.3 Å². The molecule has 0 spiro atoms. The van der Waals surface area contributed by atoms with Crippen LogP contribution in [-0.4, -0.2) is 30.0 Å². The molecule has 0 aliphatic carbocycles. The predicted molar refractivity (Wildman–Crippen MR) is 79.0 cm³/mol. The van der Waals surface area contributed by atoms with Gasteiger partial charge in [0.25, 0.3) is 10.0 Å². The molecule has 7 nitrogen and oxygen atoms in total. The lowest BCUT2D eigenvalue weighted by molar-refractivity contribution is 0.182. The normalized spacial score (nSPS) is 13.2. The van der Waals surface area contributed by atoms with Crippen molar-refractivity contribution < 1.29 is 13.5 Å². The quantitative estimate of drug-likeness (QED) is 0.581. The number of hydrogen-bond donors (Lipinski definition) is 4. The predicted octanol–water partition coefficient (Wildman–Crippen LogP) is 0.566. The second kappa shape index (κ2) is 6.25. The van der Waals surface area contributed by atoms with Crippen molar-refractivity contribution in [3.8, 4) is 0 Å². The van der Waals surface area contributed by atoms with E-state index in [1.807, 2.05) is 6.92 Å². The number of hydrogen-bond acceptors (Lipinski definition) is 5. The highest BCUT2D eigenvalue weighted by Gasteiger charge is 2.18. The van der Waals surface area contributed by atoms with Crippen LogP contribution >= 0.6 is 0 Å². The molecule has 0 radical (unpaired) electrons. The van der Waals surface area contributed by atoms with Crippen LogP contribution in [0.15, 0.2) is 35.5 Å². The molecule has 0 aliphatic rings. The summed E-state index contributed by atoms with van der Waals surface area (Å²) in [6.07, 6.45) is 0.925. The van der Waals surface area contributed by atoms with Crippen LogP contribution in [0.25, 0.3) is 0 Å². The average Bonchev–Trinajstić information content (AvgIpc) is 2.95. The van der Waals surface area contributed by atoms with E-state index in [0.29, 0.717) is 23.5 Å². The number of anilines is 1. The number of H-pyrrole nitrogens is 1. The zero-order valence-corrected chi connectivity index (χ0v) is 12.4. The van der Waals surface area contributed by atoms with E-state index < -0.39 is 16.1 Å². The number of rotatable bonds is 6. The molecular weight excluding hydrogens is 292 g/mol. The van der Waals surface area contributed by atoms with Gasteiger partial charge in [-0.05, 0) is 17.7 Å². The number of nitrogens with one attached hydrogen (secondary N) is 2. The Morgan fingerprint density at radius 1 is 1.38 bits per heavy atom. The summed E-state index contributed by atoms with van der Waals surface area (Å²) >= 11 is 0. The molecule has 1 heterocycles. The lowest BCUT2D eigenvalue weighted by Gasteiger charge is -2.12.